The van der Waals surface area contributed by atoms with Crippen molar-refractivity contribution in [3.63, 3.8) is 0 Å². The van der Waals surface area contributed by atoms with E-state index in [0.717, 1.165) is 39.4 Å². The van der Waals surface area contributed by atoms with Gasteiger partial charge in [-0.25, -0.2) is 4.57 Å². The molecule has 2 aromatic rings. The van der Waals surface area contributed by atoms with Crippen LogP contribution < -0.4 is 14.4 Å². The van der Waals surface area contributed by atoms with Crippen LogP contribution in [0.15, 0.2) is 46.3 Å². The first-order chi connectivity index (χ1) is 14.2. The van der Waals surface area contributed by atoms with E-state index in [1.807, 2.05) is 11.8 Å². The first kappa shape index (κ1) is 20.5. The number of nitrogens with one attached hydrogen (secondary N) is 1. The molecule has 0 atom stereocenters. The van der Waals surface area contributed by atoms with Crippen LogP contribution >= 0.6 is 11.8 Å². The Hall–Kier alpha value is -1.82. The van der Waals surface area contributed by atoms with Crippen molar-refractivity contribution >= 4 is 23.5 Å². The summed E-state index contributed by atoms with van der Waals surface area (Å²) in [5.41, 5.74) is 5.31. The van der Waals surface area contributed by atoms with E-state index in [-0.39, 0.29) is 0 Å². The lowest BCUT2D eigenvalue weighted by Gasteiger charge is -2.23. The molecule has 4 nitrogen and oxygen atoms in total. The number of thioether (sulfide) groups is 1. The largest absolute Gasteiger partial charge is 0.370 e. The first-order valence-corrected chi connectivity index (χ1v) is 11.7. The Morgan fingerprint density at radius 1 is 1.14 bits per heavy atom. The van der Waals surface area contributed by atoms with Gasteiger partial charge in [0.2, 0.25) is 0 Å². The van der Waals surface area contributed by atoms with Crippen LogP contribution in [0, 0.1) is 13.8 Å². The van der Waals surface area contributed by atoms with Crippen molar-refractivity contribution in [3.05, 3.63) is 58.4 Å². The minimum atomic E-state index is 0.917. The van der Waals surface area contributed by atoms with Crippen molar-refractivity contribution in [1.29, 1.82) is 0 Å². The van der Waals surface area contributed by atoms with Crippen molar-refractivity contribution in [1.82, 2.24) is 0 Å². The van der Waals surface area contributed by atoms with E-state index in [2.05, 4.69) is 72.7 Å². The quantitative estimate of drug-likeness (QED) is 0.739. The van der Waals surface area contributed by atoms with Gasteiger partial charge in [-0.1, -0.05) is 23.9 Å². The number of aryl methyl sites for hydroxylation is 2. The number of rotatable bonds is 6. The average Bonchev–Trinajstić information content (AvgIpc) is 3.07. The Bertz CT molecular complexity index is 866. The fraction of sp³-hybridized carbons (Fsp3) is 0.458. The Morgan fingerprint density at radius 3 is 2.59 bits per heavy atom. The van der Waals surface area contributed by atoms with Gasteiger partial charge in [0.25, 0.3) is 0 Å². The number of hydrogen-bond acceptors (Lipinski definition) is 3. The summed E-state index contributed by atoms with van der Waals surface area (Å²) in [4.78, 5) is 5.45. The Kier molecular flexibility index (Phi) is 6.58. The van der Waals surface area contributed by atoms with Crippen molar-refractivity contribution in [3.8, 4) is 0 Å². The highest BCUT2D eigenvalue weighted by Gasteiger charge is 2.24. The molecule has 4 rings (SSSR count). The zero-order chi connectivity index (χ0) is 20.2. The Balaban J connectivity index is 1.46. The van der Waals surface area contributed by atoms with Crippen molar-refractivity contribution in [2.45, 2.75) is 38.6 Å². The molecule has 0 bridgehead atoms. The molecule has 1 aromatic carbocycles. The van der Waals surface area contributed by atoms with E-state index in [4.69, 9.17) is 4.74 Å². The molecule has 0 aliphatic carbocycles. The van der Waals surface area contributed by atoms with E-state index in [9.17, 15) is 0 Å². The van der Waals surface area contributed by atoms with Crippen molar-refractivity contribution in [2.24, 2.45) is 0 Å². The van der Waals surface area contributed by atoms with Crippen LogP contribution in [0.2, 0.25) is 0 Å². The average molecular weight is 412 g/mol. The molecule has 3 heterocycles. The number of anilines is 1. The van der Waals surface area contributed by atoms with Gasteiger partial charge in [0.15, 0.2) is 17.9 Å². The Morgan fingerprint density at radius 2 is 1.86 bits per heavy atom. The van der Waals surface area contributed by atoms with Gasteiger partial charge < -0.3 is 14.5 Å². The third-order valence-electron chi connectivity index (χ3n) is 5.96. The number of morpholine rings is 1. The van der Waals surface area contributed by atoms with Crippen LogP contribution in [0.4, 0.5) is 5.69 Å². The van der Waals surface area contributed by atoms with Gasteiger partial charge in [-0.15, -0.1) is 0 Å². The second-order valence-electron chi connectivity index (χ2n) is 7.99. The first-order valence-electron chi connectivity index (χ1n) is 10.8. The second kappa shape index (κ2) is 9.33. The third-order valence-corrected chi connectivity index (χ3v) is 7.07. The van der Waals surface area contributed by atoms with Crippen molar-refractivity contribution < 1.29 is 14.2 Å². The monoisotopic (exact) mass is 411 g/mol. The topological polar surface area (TPSA) is 20.8 Å². The molecule has 2 aliphatic rings. The molecule has 0 saturated carbocycles. The van der Waals surface area contributed by atoms with Gasteiger partial charge in [0, 0.05) is 37.4 Å². The third kappa shape index (κ3) is 4.68. The number of hydrogen-bond donors (Lipinski definition) is 1. The lowest BCUT2D eigenvalue weighted by molar-refractivity contribution is -0.910. The molecule has 0 spiro atoms. The molecule has 0 amide bonds. The van der Waals surface area contributed by atoms with Gasteiger partial charge >= 0.3 is 0 Å². The number of benzene rings is 1. The fourth-order valence-corrected chi connectivity index (χ4v) is 5.61. The van der Waals surface area contributed by atoms with E-state index >= 15 is 0 Å². The molecule has 29 heavy (non-hydrogen) atoms. The maximum absolute atomic E-state index is 5.47. The van der Waals surface area contributed by atoms with Crippen LogP contribution in [0.25, 0.3) is 6.08 Å². The number of para-hydroxylation sites is 1. The summed E-state index contributed by atoms with van der Waals surface area (Å²) in [6, 6.07) is 13.4. The molecule has 1 saturated heterocycles. The van der Waals surface area contributed by atoms with Crippen LogP contribution in [-0.4, -0.2) is 39.4 Å². The highest BCUT2D eigenvalue weighted by molar-refractivity contribution is 8.03. The lowest BCUT2D eigenvalue weighted by Crippen LogP contribution is -3.14. The van der Waals surface area contributed by atoms with Crippen LogP contribution in [-0.2, 0) is 11.3 Å². The summed E-state index contributed by atoms with van der Waals surface area (Å²) in [7, 11) is 0. The molecular formula is C24H33N3OS+2. The zero-order valence-corrected chi connectivity index (χ0v) is 18.7. The maximum Gasteiger partial charge on any atom is 0.179 e. The number of nitrogens with zero attached hydrogens (tertiary/aromatic N) is 2. The summed E-state index contributed by atoms with van der Waals surface area (Å²) in [6.45, 7) is 14.2. The minimum Gasteiger partial charge on any atom is -0.370 e. The molecule has 154 valence electrons. The smallest absolute Gasteiger partial charge is 0.179 e. The molecular weight excluding hydrogens is 378 g/mol. The van der Waals surface area contributed by atoms with Crippen molar-refractivity contribution in [2.75, 3.05) is 44.3 Å². The van der Waals surface area contributed by atoms with Gasteiger partial charge in [-0.2, -0.15) is 0 Å². The van der Waals surface area contributed by atoms with E-state index in [1.54, 1.807) is 4.90 Å². The summed E-state index contributed by atoms with van der Waals surface area (Å²) in [5.74, 6) is 0. The fourth-order valence-electron chi connectivity index (χ4n) is 4.42. The second-order valence-corrected chi connectivity index (χ2v) is 9.05. The molecule has 0 radical (unpaired) electrons. The van der Waals surface area contributed by atoms with E-state index in [0.29, 0.717) is 0 Å². The van der Waals surface area contributed by atoms with Gasteiger partial charge in [0.1, 0.15) is 13.1 Å². The van der Waals surface area contributed by atoms with Crippen LogP contribution in [0.3, 0.4) is 0 Å². The normalized spacial score (nSPS) is 18.4. The predicted octanol–water partition coefficient (Wildman–Crippen LogP) is 2.83. The highest BCUT2D eigenvalue weighted by Crippen LogP contribution is 2.46. The number of ether oxygens (including phenoxy) is 1. The van der Waals surface area contributed by atoms with E-state index < -0.39 is 0 Å². The Labute approximate surface area is 179 Å². The summed E-state index contributed by atoms with van der Waals surface area (Å²) in [5, 5.41) is 1.32. The molecule has 0 unspecified atom stereocenters. The molecule has 1 aromatic heterocycles. The lowest BCUT2D eigenvalue weighted by atomic mass is 10.1. The van der Waals surface area contributed by atoms with Crippen LogP contribution in [0.5, 0.6) is 0 Å². The number of pyridine rings is 1. The summed E-state index contributed by atoms with van der Waals surface area (Å²) in [6.07, 6.45) is 3.56. The standard InChI is InChI=1S/C24H32N3OS/c1-4-26-22-8-5-6-9-23(22)29-24(26)18-21-16-19(2)27(20(3)17-21)11-7-10-25-12-14-28-15-13-25/h5-6,8-9,16-18H,4,7,10-15H2,1-3H3/q+1/p+1. The summed E-state index contributed by atoms with van der Waals surface area (Å²) < 4.78 is 7.94. The number of aromatic nitrogens is 1. The molecule has 5 heteroatoms. The molecule has 2 aliphatic heterocycles. The summed E-state index contributed by atoms with van der Waals surface area (Å²) >= 11 is 1.88. The maximum atomic E-state index is 5.47. The number of quaternary nitrogens is 1. The SMILES string of the molecule is CCN1C(=Cc2cc(C)[n+](CCC[NH+]3CCOCC3)c(C)c2)Sc2ccccc21. The molecule has 1 N–H and O–H groups in total. The van der Waals surface area contributed by atoms with Gasteiger partial charge in [0.05, 0.1) is 36.9 Å². The van der Waals surface area contributed by atoms with Gasteiger partial charge in [-0.05, 0) is 30.7 Å². The minimum absolute atomic E-state index is 0.917. The molecule has 1 fully saturated rings. The van der Waals surface area contributed by atoms with Gasteiger partial charge in [-0.3, -0.25) is 0 Å². The zero-order valence-electron chi connectivity index (χ0n) is 17.9. The highest BCUT2D eigenvalue weighted by atomic mass is 32.2. The van der Waals surface area contributed by atoms with E-state index in [1.165, 1.54) is 45.5 Å². The predicted molar refractivity (Wildman–Crippen MR) is 120 cm³/mol. The number of fused-ring (bicyclic) bond motifs is 1. The van der Waals surface area contributed by atoms with Crippen LogP contribution in [0.1, 0.15) is 30.3 Å².